The summed E-state index contributed by atoms with van der Waals surface area (Å²) >= 11 is 0. The molecule has 3 heterocycles. The van der Waals surface area contributed by atoms with Crippen LogP contribution < -0.4 is 16.3 Å². The Balaban J connectivity index is 1.53. The van der Waals surface area contributed by atoms with E-state index in [1.807, 2.05) is 13.0 Å². The molecule has 162 valence electrons. The minimum atomic E-state index is -0.988. The van der Waals surface area contributed by atoms with Crippen molar-refractivity contribution in [1.29, 1.82) is 0 Å². The number of rotatable bonds is 3. The molecule has 0 bridgehead atoms. The fourth-order valence-electron chi connectivity index (χ4n) is 3.84. The lowest BCUT2D eigenvalue weighted by Crippen LogP contribution is -2.57. The topological polar surface area (TPSA) is 130 Å². The number of aromatic hydroxyl groups is 1. The SMILES string of the molecule is C[C@@H]1CCO[C@H]2Cn3cc(C(=O)NNC(=O)Cc4ccccc4)c(=O)c(O)c3C(=O)N12. The van der Waals surface area contributed by atoms with Gasteiger partial charge in [0.2, 0.25) is 11.3 Å². The van der Waals surface area contributed by atoms with E-state index in [9.17, 15) is 24.3 Å². The molecule has 1 aromatic carbocycles. The highest BCUT2D eigenvalue weighted by Crippen LogP contribution is 2.29. The second-order valence-corrected chi connectivity index (χ2v) is 7.56. The van der Waals surface area contributed by atoms with Gasteiger partial charge < -0.3 is 19.3 Å². The monoisotopic (exact) mass is 426 g/mol. The lowest BCUT2D eigenvalue weighted by molar-refractivity contribution is -0.121. The van der Waals surface area contributed by atoms with Crippen molar-refractivity contribution in [1.82, 2.24) is 20.3 Å². The summed E-state index contributed by atoms with van der Waals surface area (Å²) in [5.74, 6) is -2.70. The number of fused-ring (bicyclic) bond motifs is 2. The van der Waals surface area contributed by atoms with Crippen molar-refractivity contribution >= 4 is 17.7 Å². The Morgan fingerprint density at radius 1 is 1.19 bits per heavy atom. The maximum Gasteiger partial charge on any atom is 0.276 e. The smallest absolute Gasteiger partial charge is 0.276 e. The highest BCUT2D eigenvalue weighted by atomic mass is 16.5. The zero-order valence-corrected chi connectivity index (χ0v) is 16.8. The predicted octanol–water partition coefficient (Wildman–Crippen LogP) is 0.148. The lowest BCUT2D eigenvalue weighted by atomic mass is 10.1. The first kappa shape index (κ1) is 20.6. The maximum absolute atomic E-state index is 12.9. The number of aromatic nitrogens is 1. The fourth-order valence-corrected chi connectivity index (χ4v) is 3.84. The number of amides is 3. The third-order valence-electron chi connectivity index (χ3n) is 5.44. The first-order valence-corrected chi connectivity index (χ1v) is 9.90. The third kappa shape index (κ3) is 3.89. The first-order chi connectivity index (χ1) is 14.9. The molecule has 0 saturated carbocycles. The average Bonchev–Trinajstić information content (AvgIpc) is 2.75. The molecule has 1 aromatic heterocycles. The second kappa shape index (κ2) is 8.23. The van der Waals surface area contributed by atoms with E-state index < -0.39 is 40.7 Å². The van der Waals surface area contributed by atoms with Crippen LogP contribution in [0.4, 0.5) is 0 Å². The van der Waals surface area contributed by atoms with Crippen molar-refractivity contribution < 1.29 is 24.2 Å². The summed E-state index contributed by atoms with van der Waals surface area (Å²) in [7, 11) is 0. The van der Waals surface area contributed by atoms with Crippen LogP contribution in [0, 0.1) is 0 Å². The van der Waals surface area contributed by atoms with Gasteiger partial charge in [0.1, 0.15) is 5.56 Å². The van der Waals surface area contributed by atoms with Crippen molar-refractivity contribution in [2.24, 2.45) is 0 Å². The molecule has 3 amide bonds. The molecule has 2 aromatic rings. The molecule has 10 nitrogen and oxygen atoms in total. The Morgan fingerprint density at radius 2 is 1.94 bits per heavy atom. The lowest BCUT2D eigenvalue weighted by Gasteiger charge is -2.44. The van der Waals surface area contributed by atoms with Crippen LogP contribution in [0.3, 0.4) is 0 Å². The Kier molecular flexibility index (Phi) is 5.47. The van der Waals surface area contributed by atoms with Gasteiger partial charge in [-0.05, 0) is 18.9 Å². The molecule has 4 rings (SSSR count). The molecule has 3 N–H and O–H groups in total. The van der Waals surface area contributed by atoms with Gasteiger partial charge in [0.05, 0.1) is 19.6 Å². The Labute approximate surface area is 177 Å². The molecule has 0 radical (unpaired) electrons. The second-order valence-electron chi connectivity index (χ2n) is 7.56. The minimum absolute atomic E-state index is 0.0388. The van der Waals surface area contributed by atoms with E-state index in [1.54, 1.807) is 24.3 Å². The first-order valence-electron chi connectivity index (χ1n) is 9.90. The Hall–Kier alpha value is -3.66. The zero-order chi connectivity index (χ0) is 22.1. The molecule has 2 atom stereocenters. The number of hydrogen-bond donors (Lipinski definition) is 3. The van der Waals surface area contributed by atoms with Crippen molar-refractivity contribution in [3.8, 4) is 5.75 Å². The van der Waals surface area contributed by atoms with Crippen LogP contribution in [0.2, 0.25) is 0 Å². The fraction of sp³-hybridized carbons (Fsp3) is 0.333. The molecule has 31 heavy (non-hydrogen) atoms. The van der Waals surface area contributed by atoms with E-state index in [4.69, 9.17) is 4.74 Å². The van der Waals surface area contributed by atoms with Gasteiger partial charge in [0.25, 0.3) is 11.8 Å². The van der Waals surface area contributed by atoms with Crippen LogP contribution >= 0.6 is 0 Å². The Morgan fingerprint density at radius 3 is 2.68 bits per heavy atom. The summed E-state index contributed by atoms with van der Waals surface area (Å²) in [5, 5.41) is 10.4. The molecular formula is C21H22N4O6. The summed E-state index contributed by atoms with van der Waals surface area (Å²) in [4.78, 5) is 51.5. The van der Waals surface area contributed by atoms with E-state index in [-0.39, 0.29) is 24.7 Å². The van der Waals surface area contributed by atoms with Gasteiger partial charge >= 0.3 is 0 Å². The van der Waals surface area contributed by atoms with Gasteiger partial charge in [-0.25, -0.2) is 0 Å². The van der Waals surface area contributed by atoms with Gasteiger partial charge in [-0.2, -0.15) is 0 Å². The molecule has 0 unspecified atom stereocenters. The number of hydrogen-bond acceptors (Lipinski definition) is 6. The van der Waals surface area contributed by atoms with Crippen molar-refractivity contribution in [3.63, 3.8) is 0 Å². The summed E-state index contributed by atoms with van der Waals surface area (Å²) in [6, 6.07) is 8.83. The van der Waals surface area contributed by atoms with Gasteiger partial charge in [-0.1, -0.05) is 30.3 Å². The highest BCUT2D eigenvalue weighted by Gasteiger charge is 2.41. The summed E-state index contributed by atoms with van der Waals surface area (Å²) in [6.07, 6.45) is 1.34. The number of pyridine rings is 1. The maximum atomic E-state index is 12.9. The number of nitrogens with one attached hydrogen (secondary N) is 2. The van der Waals surface area contributed by atoms with Crippen LogP contribution in [0.5, 0.6) is 5.75 Å². The van der Waals surface area contributed by atoms with Crippen molar-refractivity contribution in [2.45, 2.75) is 38.6 Å². The zero-order valence-electron chi connectivity index (χ0n) is 16.8. The molecular weight excluding hydrogens is 404 g/mol. The van der Waals surface area contributed by atoms with Crippen LogP contribution in [-0.4, -0.2) is 51.2 Å². The standard InChI is InChI=1S/C21H22N4O6/c1-12-7-8-31-16-11-24-10-14(18(27)19(28)17(24)21(30)25(12)16)20(29)23-22-15(26)9-13-5-3-2-4-6-13/h2-6,10,12,16,28H,7-9,11H2,1H3,(H,22,26)(H,23,29)/t12-,16+/m1/s1. The Bertz CT molecular complexity index is 1100. The third-order valence-corrected chi connectivity index (χ3v) is 5.44. The van der Waals surface area contributed by atoms with Gasteiger partial charge in [0.15, 0.2) is 17.7 Å². The average molecular weight is 426 g/mol. The van der Waals surface area contributed by atoms with Gasteiger partial charge in [-0.3, -0.25) is 30.0 Å². The molecule has 1 fully saturated rings. The predicted molar refractivity (Wildman–Crippen MR) is 108 cm³/mol. The quantitative estimate of drug-likeness (QED) is 0.599. The molecule has 0 aliphatic carbocycles. The number of hydrazine groups is 1. The summed E-state index contributed by atoms with van der Waals surface area (Å²) in [5.41, 5.74) is 3.62. The molecule has 1 saturated heterocycles. The van der Waals surface area contributed by atoms with Gasteiger partial charge in [-0.15, -0.1) is 0 Å². The number of ether oxygens (including phenoxy) is 1. The summed E-state index contributed by atoms with van der Waals surface area (Å²) in [6.45, 7) is 2.52. The van der Waals surface area contributed by atoms with E-state index in [2.05, 4.69) is 10.9 Å². The molecule has 0 spiro atoms. The number of carbonyl (C=O) groups excluding carboxylic acids is 3. The number of nitrogens with zero attached hydrogens (tertiary/aromatic N) is 2. The number of benzene rings is 1. The van der Waals surface area contributed by atoms with Crippen molar-refractivity contribution in [2.75, 3.05) is 6.61 Å². The molecule has 2 aliphatic heterocycles. The van der Waals surface area contributed by atoms with Crippen LogP contribution in [-0.2, 0) is 22.5 Å². The number of carbonyl (C=O) groups is 3. The van der Waals surface area contributed by atoms with E-state index in [0.717, 1.165) is 5.56 Å². The van der Waals surface area contributed by atoms with Crippen LogP contribution in [0.25, 0.3) is 0 Å². The largest absolute Gasteiger partial charge is 0.503 e. The van der Waals surface area contributed by atoms with Crippen molar-refractivity contribution in [3.05, 3.63) is 63.6 Å². The normalized spacial score (nSPS) is 19.9. The minimum Gasteiger partial charge on any atom is -0.503 e. The molecule has 10 heteroatoms. The highest BCUT2D eigenvalue weighted by molar-refractivity contribution is 5.99. The van der Waals surface area contributed by atoms with Crippen LogP contribution in [0.1, 0.15) is 39.8 Å². The molecule has 2 aliphatic rings. The van der Waals surface area contributed by atoms with Gasteiger partial charge in [0, 0.05) is 12.2 Å². The van der Waals surface area contributed by atoms with E-state index >= 15 is 0 Å². The van der Waals surface area contributed by atoms with E-state index in [0.29, 0.717) is 13.0 Å². The van der Waals surface area contributed by atoms with E-state index in [1.165, 1.54) is 15.7 Å². The van der Waals surface area contributed by atoms with Crippen LogP contribution in [0.15, 0.2) is 41.3 Å². The summed E-state index contributed by atoms with van der Waals surface area (Å²) < 4.78 is 7.00.